The fourth-order valence-corrected chi connectivity index (χ4v) is 1.75. The summed E-state index contributed by atoms with van der Waals surface area (Å²) in [6, 6.07) is 0. The van der Waals surface area contributed by atoms with Gasteiger partial charge in [-0.1, -0.05) is 33.1 Å². The van der Waals surface area contributed by atoms with Crippen LogP contribution in [0.2, 0.25) is 0 Å². The molecule has 0 heterocycles. The SMILES string of the molecule is CCCCCCOCC(O)CNCC(C)COC. The average Bonchev–Trinajstić information content (AvgIpc) is 2.34. The number of aliphatic hydroxyl groups is 1. The maximum absolute atomic E-state index is 9.68. The summed E-state index contributed by atoms with van der Waals surface area (Å²) in [5.41, 5.74) is 0. The van der Waals surface area contributed by atoms with Gasteiger partial charge in [0.1, 0.15) is 0 Å². The van der Waals surface area contributed by atoms with Gasteiger partial charge < -0.3 is 19.9 Å². The maximum Gasteiger partial charge on any atom is 0.0897 e. The smallest absolute Gasteiger partial charge is 0.0897 e. The van der Waals surface area contributed by atoms with Gasteiger partial charge in [0.05, 0.1) is 12.7 Å². The highest BCUT2D eigenvalue weighted by molar-refractivity contribution is 4.61. The molecule has 4 heteroatoms. The average molecular weight is 261 g/mol. The molecule has 2 unspecified atom stereocenters. The maximum atomic E-state index is 9.68. The van der Waals surface area contributed by atoms with Crippen LogP contribution in [0.3, 0.4) is 0 Å². The number of methoxy groups -OCH3 is 1. The van der Waals surface area contributed by atoms with Crippen molar-refractivity contribution in [3.63, 3.8) is 0 Å². The fraction of sp³-hybridized carbons (Fsp3) is 1.00. The molecule has 0 saturated heterocycles. The van der Waals surface area contributed by atoms with Crippen LogP contribution in [0, 0.1) is 5.92 Å². The Morgan fingerprint density at radius 2 is 1.89 bits per heavy atom. The molecule has 2 N–H and O–H groups in total. The monoisotopic (exact) mass is 261 g/mol. The van der Waals surface area contributed by atoms with Crippen molar-refractivity contribution in [1.82, 2.24) is 5.32 Å². The van der Waals surface area contributed by atoms with E-state index >= 15 is 0 Å². The van der Waals surface area contributed by atoms with Crippen LogP contribution in [0.25, 0.3) is 0 Å². The van der Waals surface area contributed by atoms with Crippen LogP contribution in [0.5, 0.6) is 0 Å². The number of nitrogens with one attached hydrogen (secondary N) is 1. The predicted molar refractivity (Wildman–Crippen MR) is 74.9 cm³/mol. The summed E-state index contributed by atoms with van der Waals surface area (Å²) in [6.45, 7) is 7.70. The minimum atomic E-state index is -0.411. The lowest BCUT2D eigenvalue weighted by Gasteiger charge is -2.15. The molecule has 0 aromatic heterocycles. The molecule has 0 spiro atoms. The number of unbranched alkanes of at least 4 members (excludes halogenated alkanes) is 3. The van der Waals surface area contributed by atoms with Crippen molar-refractivity contribution in [3.8, 4) is 0 Å². The highest BCUT2D eigenvalue weighted by Crippen LogP contribution is 1.99. The molecule has 4 nitrogen and oxygen atoms in total. The predicted octanol–water partition coefficient (Wildman–Crippen LogP) is 1.82. The Hall–Kier alpha value is -0.160. The number of ether oxygens (including phenoxy) is 2. The van der Waals surface area contributed by atoms with Crippen LogP contribution < -0.4 is 5.32 Å². The van der Waals surface area contributed by atoms with E-state index in [1.165, 1.54) is 19.3 Å². The topological polar surface area (TPSA) is 50.7 Å². The van der Waals surface area contributed by atoms with E-state index in [1.807, 2.05) is 0 Å². The summed E-state index contributed by atoms with van der Waals surface area (Å²) in [4.78, 5) is 0. The molecular formula is C14H31NO3. The first kappa shape index (κ1) is 17.8. The Kier molecular flexibility index (Phi) is 13.2. The van der Waals surface area contributed by atoms with E-state index in [0.29, 0.717) is 19.1 Å². The van der Waals surface area contributed by atoms with Gasteiger partial charge >= 0.3 is 0 Å². The summed E-state index contributed by atoms with van der Waals surface area (Å²) in [6.07, 6.45) is 4.42. The molecule has 2 atom stereocenters. The molecule has 18 heavy (non-hydrogen) atoms. The third-order valence-electron chi connectivity index (χ3n) is 2.78. The normalized spacial score (nSPS) is 14.7. The molecule has 0 aliphatic rings. The van der Waals surface area contributed by atoms with E-state index in [0.717, 1.165) is 26.2 Å². The second kappa shape index (κ2) is 13.3. The summed E-state index contributed by atoms with van der Waals surface area (Å²) >= 11 is 0. The van der Waals surface area contributed by atoms with Crippen molar-refractivity contribution >= 4 is 0 Å². The Labute approximate surface area is 112 Å². The zero-order chi connectivity index (χ0) is 13.6. The molecule has 0 aliphatic carbocycles. The Morgan fingerprint density at radius 1 is 1.11 bits per heavy atom. The number of rotatable bonds is 13. The first-order chi connectivity index (χ1) is 8.70. The Bertz CT molecular complexity index is 167. The van der Waals surface area contributed by atoms with Crippen LogP contribution in [-0.4, -0.2) is 51.2 Å². The highest BCUT2D eigenvalue weighted by atomic mass is 16.5. The summed E-state index contributed by atoms with van der Waals surface area (Å²) in [7, 11) is 1.71. The van der Waals surface area contributed by atoms with Gasteiger partial charge in [0.25, 0.3) is 0 Å². The van der Waals surface area contributed by atoms with Crippen LogP contribution in [0.1, 0.15) is 39.5 Å². The van der Waals surface area contributed by atoms with Crippen molar-refractivity contribution in [2.45, 2.75) is 45.6 Å². The third kappa shape index (κ3) is 12.3. The molecule has 0 aromatic rings. The first-order valence-corrected chi connectivity index (χ1v) is 7.16. The van der Waals surface area contributed by atoms with Gasteiger partial charge in [-0.2, -0.15) is 0 Å². The summed E-state index contributed by atoms with van der Waals surface area (Å²) < 4.78 is 10.5. The Balaban J connectivity index is 3.24. The van der Waals surface area contributed by atoms with E-state index in [4.69, 9.17) is 9.47 Å². The second-order valence-corrected chi connectivity index (χ2v) is 5.01. The van der Waals surface area contributed by atoms with Gasteiger partial charge in [0, 0.05) is 26.9 Å². The summed E-state index contributed by atoms with van der Waals surface area (Å²) in [5, 5.41) is 12.9. The van der Waals surface area contributed by atoms with Crippen molar-refractivity contribution in [2.24, 2.45) is 5.92 Å². The molecule has 0 amide bonds. The standard InChI is InChI=1S/C14H31NO3/c1-4-5-6-7-8-18-12-14(16)10-15-9-13(2)11-17-3/h13-16H,4-12H2,1-3H3. The number of aliphatic hydroxyl groups excluding tert-OH is 1. The van der Waals surface area contributed by atoms with Gasteiger partial charge in [0.2, 0.25) is 0 Å². The molecule has 0 bridgehead atoms. The van der Waals surface area contributed by atoms with Gasteiger partial charge in [-0.15, -0.1) is 0 Å². The van der Waals surface area contributed by atoms with Crippen molar-refractivity contribution in [2.75, 3.05) is 40.0 Å². The molecule has 0 aliphatic heterocycles. The number of hydrogen-bond donors (Lipinski definition) is 2. The van der Waals surface area contributed by atoms with Gasteiger partial charge in [-0.05, 0) is 18.9 Å². The zero-order valence-corrected chi connectivity index (χ0v) is 12.3. The minimum absolute atomic E-state index is 0.411. The van der Waals surface area contributed by atoms with Crippen LogP contribution >= 0.6 is 0 Å². The van der Waals surface area contributed by atoms with Gasteiger partial charge in [0.15, 0.2) is 0 Å². The van der Waals surface area contributed by atoms with Crippen LogP contribution in [0.4, 0.5) is 0 Å². The minimum Gasteiger partial charge on any atom is -0.389 e. The largest absolute Gasteiger partial charge is 0.389 e. The van der Waals surface area contributed by atoms with Gasteiger partial charge in [-0.25, -0.2) is 0 Å². The van der Waals surface area contributed by atoms with E-state index in [1.54, 1.807) is 7.11 Å². The fourth-order valence-electron chi connectivity index (χ4n) is 1.75. The molecule has 0 saturated carbocycles. The van der Waals surface area contributed by atoms with Crippen molar-refractivity contribution in [1.29, 1.82) is 0 Å². The molecule has 110 valence electrons. The lowest BCUT2D eigenvalue weighted by molar-refractivity contribution is 0.0346. The zero-order valence-electron chi connectivity index (χ0n) is 12.3. The van der Waals surface area contributed by atoms with Crippen LogP contribution in [-0.2, 0) is 9.47 Å². The van der Waals surface area contributed by atoms with E-state index < -0.39 is 6.10 Å². The highest BCUT2D eigenvalue weighted by Gasteiger charge is 2.05. The molecule has 0 radical (unpaired) electrons. The van der Waals surface area contributed by atoms with Gasteiger partial charge in [-0.3, -0.25) is 0 Å². The van der Waals surface area contributed by atoms with E-state index in [-0.39, 0.29) is 0 Å². The lowest BCUT2D eigenvalue weighted by Crippen LogP contribution is -2.34. The lowest BCUT2D eigenvalue weighted by atomic mass is 10.2. The summed E-state index contributed by atoms with van der Waals surface area (Å²) in [5.74, 6) is 0.470. The van der Waals surface area contributed by atoms with Crippen molar-refractivity contribution < 1.29 is 14.6 Å². The van der Waals surface area contributed by atoms with Crippen molar-refractivity contribution in [3.05, 3.63) is 0 Å². The van der Waals surface area contributed by atoms with E-state index in [9.17, 15) is 5.11 Å². The third-order valence-corrected chi connectivity index (χ3v) is 2.78. The number of hydrogen-bond acceptors (Lipinski definition) is 4. The Morgan fingerprint density at radius 3 is 2.56 bits per heavy atom. The van der Waals surface area contributed by atoms with E-state index in [2.05, 4.69) is 19.2 Å². The molecule has 0 rings (SSSR count). The first-order valence-electron chi connectivity index (χ1n) is 7.16. The molecule has 0 aromatic carbocycles. The second-order valence-electron chi connectivity index (χ2n) is 5.01. The van der Waals surface area contributed by atoms with Crippen LogP contribution in [0.15, 0.2) is 0 Å². The molecule has 0 fully saturated rings. The molecular weight excluding hydrogens is 230 g/mol. The quantitative estimate of drug-likeness (QED) is 0.497.